The number of nitrogens with one attached hydrogen (secondary N) is 1. The lowest BCUT2D eigenvalue weighted by Gasteiger charge is -2.43. The molecule has 0 bridgehead atoms. The minimum absolute atomic E-state index is 0.660. The Morgan fingerprint density at radius 2 is 2.12 bits per heavy atom. The third kappa shape index (κ3) is 1.73. The highest BCUT2D eigenvalue weighted by Gasteiger charge is 2.42. The van der Waals surface area contributed by atoms with Crippen LogP contribution in [-0.4, -0.2) is 12.6 Å². The largest absolute Gasteiger partial charge is 0.313 e. The van der Waals surface area contributed by atoms with Crippen molar-refractivity contribution in [1.29, 1.82) is 0 Å². The van der Waals surface area contributed by atoms with Crippen molar-refractivity contribution in [2.24, 2.45) is 17.3 Å². The number of fused-ring (bicyclic) bond motifs is 1. The average molecular weight is 219 g/mol. The summed E-state index contributed by atoms with van der Waals surface area (Å²) in [5.41, 5.74) is 0.660. The minimum Gasteiger partial charge on any atom is -0.313 e. The average Bonchev–Trinajstić information content (AvgIpc) is 2.87. The van der Waals surface area contributed by atoms with Gasteiger partial charge in [0, 0.05) is 12.6 Å². The molecule has 0 aliphatic heterocycles. The molecule has 1 heteroatoms. The van der Waals surface area contributed by atoms with Gasteiger partial charge in [0.15, 0.2) is 0 Å². The molecule has 3 atom stereocenters. The quantitative estimate of drug-likeness (QED) is 0.713. The topological polar surface area (TPSA) is 12.0 Å². The Balaban J connectivity index is 1.51. The third-order valence-corrected chi connectivity index (χ3v) is 5.52. The summed E-state index contributed by atoms with van der Waals surface area (Å²) in [4.78, 5) is 0. The molecule has 1 nitrogen and oxygen atoms in total. The standard InChI is InChI=1S/C15H25N/c1-2-15(8-3-4-9-15)11-16-14-10-12-6-5-7-13(12)14/h5,7,12-14,16H,2-4,6,8-11H2,1H3. The van der Waals surface area contributed by atoms with Crippen LogP contribution in [0.3, 0.4) is 0 Å². The third-order valence-electron chi connectivity index (χ3n) is 5.52. The predicted molar refractivity (Wildman–Crippen MR) is 68.3 cm³/mol. The van der Waals surface area contributed by atoms with Gasteiger partial charge in [0.25, 0.3) is 0 Å². The van der Waals surface area contributed by atoms with Gasteiger partial charge >= 0.3 is 0 Å². The molecule has 3 rings (SSSR count). The molecule has 0 amide bonds. The normalized spacial score (nSPS) is 39.7. The van der Waals surface area contributed by atoms with Crippen molar-refractivity contribution >= 4 is 0 Å². The van der Waals surface area contributed by atoms with E-state index in [0.29, 0.717) is 5.41 Å². The molecule has 0 heterocycles. The van der Waals surface area contributed by atoms with Crippen LogP contribution in [0.5, 0.6) is 0 Å². The molecule has 0 saturated heterocycles. The highest BCUT2D eigenvalue weighted by Crippen LogP contribution is 2.44. The smallest absolute Gasteiger partial charge is 0.0136 e. The van der Waals surface area contributed by atoms with Gasteiger partial charge < -0.3 is 5.32 Å². The minimum atomic E-state index is 0.660. The first-order valence-electron chi connectivity index (χ1n) is 7.23. The van der Waals surface area contributed by atoms with Gasteiger partial charge in [-0.25, -0.2) is 0 Å². The van der Waals surface area contributed by atoms with Crippen molar-refractivity contribution in [1.82, 2.24) is 5.32 Å². The molecule has 3 aliphatic rings. The summed E-state index contributed by atoms with van der Waals surface area (Å²) in [6, 6.07) is 0.813. The van der Waals surface area contributed by atoms with Crippen LogP contribution >= 0.6 is 0 Å². The van der Waals surface area contributed by atoms with E-state index in [1.165, 1.54) is 51.5 Å². The van der Waals surface area contributed by atoms with Gasteiger partial charge in [-0.1, -0.05) is 31.9 Å². The fraction of sp³-hybridized carbons (Fsp3) is 0.867. The van der Waals surface area contributed by atoms with Crippen molar-refractivity contribution < 1.29 is 0 Å². The summed E-state index contributed by atoms with van der Waals surface area (Å²) in [6.07, 6.45) is 14.9. The Morgan fingerprint density at radius 1 is 1.31 bits per heavy atom. The van der Waals surface area contributed by atoms with Crippen LogP contribution in [0.25, 0.3) is 0 Å². The molecule has 0 spiro atoms. The van der Waals surface area contributed by atoms with Crippen LogP contribution in [0.4, 0.5) is 0 Å². The second-order valence-electron chi connectivity index (χ2n) is 6.29. The van der Waals surface area contributed by atoms with E-state index in [2.05, 4.69) is 24.4 Å². The van der Waals surface area contributed by atoms with E-state index in [0.717, 1.165) is 17.9 Å². The van der Waals surface area contributed by atoms with Gasteiger partial charge in [0.05, 0.1) is 0 Å². The number of hydrogen-bond donors (Lipinski definition) is 1. The first kappa shape index (κ1) is 10.8. The summed E-state index contributed by atoms with van der Waals surface area (Å²) in [5.74, 6) is 1.88. The van der Waals surface area contributed by atoms with Crippen molar-refractivity contribution in [3.63, 3.8) is 0 Å². The van der Waals surface area contributed by atoms with Crippen LogP contribution < -0.4 is 5.32 Å². The monoisotopic (exact) mass is 219 g/mol. The zero-order valence-electron chi connectivity index (χ0n) is 10.5. The molecule has 3 unspecified atom stereocenters. The molecule has 3 aliphatic carbocycles. The van der Waals surface area contributed by atoms with Crippen molar-refractivity contribution in [3.8, 4) is 0 Å². The number of allylic oxidation sites excluding steroid dienone is 1. The van der Waals surface area contributed by atoms with Gasteiger partial charge in [0.2, 0.25) is 0 Å². The molecule has 1 N–H and O–H groups in total. The van der Waals surface area contributed by atoms with Crippen molar-refractivity contribution in [3.05, 3.63) is 12.2 Å². The van der Waals surface area contributed by atoms with Gasteiger partial charge in [-0.15, -0.1) is 0 Å². The van der Waals surface area contributed by atoms with Gasteiger partial charge in [-0.2, -0.15) is 0 Å². The van der Waals surface area contributed by atoms with E-state index in [1.54, 1.807) is 0 Å². The van der Waals surface area contributed by atoms with Crippen LogP contribution in [0.15, 0.2) is 12.2 Å². The Morgan fingerprint density at radius 3 is 2.81 bits per heavy atom. The maximum atomic E-state index is 3.87. The zero-order chi connectivity index (χ0) is 11.0. The molecular formula is C15H25N. The number of rotatable bonds is 4. The van der Waals surface area contributed by atoms with Gasteiger partial charge in [-0.3, -0.25) is 0 Å². The molecule has 90 valence electrons. The van der Waals surface area contributed by atoms with Crippen LogP contribution in [0.2, 0.25) is 0 Å². The van der Waals surface area contributed by atoms with E-state index in [-0.39, 0.29) is 0 Å². The Labute approximate surface area is 99.7 Å². The Kier molecular flexibility index (Phi) is 2.83. The van der Waals surface area contributed by atoms with Gasteiger partial charge in [-0.05, 0) is 49.4 Å². The Bertz CT molecular complexity index is 275. The highest BCUT2D eigenvalue weighted by atomic mass is 15.0. The Hall–Kier alpha value is -0.300. The SMILES string of the molecule is CCC1(CNC2CC3CC=CC32)CCCC1. The van der Waals surface area contributed by atoms with Crippen LogP contribution in [0.1, 0.15) is 51.9 Å². The molecule has 0 aromatic rings. The van der Waals surface area contributed by atoms with E-state index < -0.39 is 0 Å². The summed E-state index contributed by atoms with van der Waals surface area (Å²) >= 11 is 0. The molecule has 0 radical (unpaired) electrons. The summed E-state index contributed by atoms with van der Waals surface area (Å²) < 4.78 is 0. The van der Waals surface area contributed by atoms with Crippen LogP contribution in [0, 0.1) is 17.3 Å². The lowest BCUT2D eigenvalue weighted by molar-refractivity contribution is 0.138. The molecule has 16 heavy (non-hydrogen) atoms. The lowest BCUT2D eigenvalue weighted by Crippen LogP contribution is -2.50. The summed E-state index contributed by atoms with van der Waals surface area (Å²) in [7, 11) is 0. The van der Waals surface area contributed by atoms with E-state index in [4.69, 9.17) is 0 Å². The fourth-order valence-electron chi connectivity index (χ4n) is 4.08. The van der Waals surface area contributed by atoms with E-state index in [9.17, 15) is 0 Å². The second-order valence-corrected chi connectivity index (χ2v) is 6.29. The molecule has 2 saturated carbocycles. The number of hydrogen-bond acceptors (Lipinski definition) is 1. The van der Waals surface area contributed by atoms with E-state index in [1.807, 2.05) is 0 Å². The summed E-state index contributed by atoms with van der Waals surface area (Å²) in [5, 5.41) is 3.87. The zero-order valence-corrected chi connectivity index (χ0v) is 10.5. The first-order chi connectivity index (χ1) is 7.83. The van der Waals surface area contributed by atoms with Gasteiger partial charge in [0.1, 0.15) is 0 Å². The van der Waals surface area contributed by atoms with Crippen LogP contribution in [-0.2, 0) is 0 Å². The molecule has 0 aromatic carbocycles. The summed E-state index contributed by atoms with van der Waals surface area (Å²) in [6.45, 7) is 3.66. The first-order valence-corrected chi connectivity index (χ1v) is 7.23. The molecular weight excluding hydrogens is 194 g/mol. The predicted octanol–water partition coefficient (Wildman–Crippen LogP) is 3.51. The fourth-order valence-corrected chi connectivity index (χ4v) is 4.08. The molecule has 2 fully saturated rings. The molecule has 0 aromatic heterocycles. The van der Waals surface area contributed by atoms with Crippen molar-refractivity contribution in [2.45, 2.75) is 57.9 Å². The van der Waals surface area contributed by atoms with E-state index >= 15 is 0 Å². The lowest BCUT2D eigenvalue weighted by atomic mass is 9.70. The second kappa shape index (κ2) is 4.18. The maximum absolute atomic E-state index is 3.87. The van der Waals surface area contributed by atoms with Crippen molar-refractivity contribution in [2.75, 3.05) is 6.54 Å². The maximum Gasteiger partial charge on any atom is 0.0136 e. The highest BCUT2D eigenvalue weighted by molar-refractivity contribution is 5.13.